The molecule has 4 fully saturated rings. The monoisotopic (exact) mass is 962 g/mol. The van der Waals surface area contributed by atoms with Crippen LogP contribution in [0.5, 0.6) is 11.5 Å². The van der Waals surface area contributed by atoms with Gasteiger partial charge < -0.3 is 18.9 Å². The summed E-state index contributed by atoms with van der Waals surface area (Å²) in [5, 5.41) is 17.7. The first-order chi connectivity index (χ1) is 30.8. The van der Waals surface area contributed by atoms with Crippen molar-refractivity contribution < 1.29 is 70.9 Å². The minimum Gasteiger partial charge on any atom is -0.486 e. The Hall–Kier alpha value is -6.38. The quantitative estimate of drug-likeness (QED) is 0.0965. The van der Waals surface area contributed by atoms with Gasteiger partial charge in [-0.1, -0.05) is 24.3 Å². The van der Waals surface area contributed by atoms with E-state index in [4.69, 9.17) is 42.6 Å². The second kappa shape index (κ2) is 16.8. The van der Waals surface area contributed by atoms with Crippen LogP contribution in [0, 0.1) is 47.4 Å². The smallest absolute Gasteiger partial charge is 0.415 e. The van der Waals surface area contributed by atoms with Crippen molar-refractivity contribution in [2.75, 3.05) is 26.2 Å². The summed E-state index contributed by atoms with van der Waals surface area (Å²) >= 11 is 0. The van der Waals surface area contributed by atoms with Gasteiger partial charge in [0.25, 0.3) is 0 Å². The summed E-state index contributed by atoms with van der Waals surface area (Å²) in [4.78, 5) is 4.84. The number of halogens is 8. The number of nitrogens with zero attached hydrogens (tertiary/aromatic N) is 6. The van der Waals surface area contributed by atoms with Crippen molar-refractivity contribution in [1.29, 1.82) is 10.5 Å². The number of epoxide rings is 2. The van der Waals surface area contributed by atoms with E-state index in [1.807, 2.05) is 0 Å². The van der Waals surface area contributed by atoms with Crippen molar-refractivity contribution in [3.05, 3.63) is 130 Å². The second-order valence-corrected chi connectivity index (χ2v) is 19.1. The van der Waals surface area contributed by atoms with Crippen molar-refractivity contribution in [2.24, 2.45) is 0 Å². The van der Waals surface area contributed by atoms with E-state index < -0.39 is 99.7 Å². The summed E-state index contributed by atoms with van der Waals surface area (Å²) in [6.07, 6.45) is -11.9. The zero-order valence-corrected chi connectivity index (χ0v) is 35.5. The zero-order chi connectivity index (χ0) is 48.4. The molecule has 6 atom stereocenters. The third-order valence-corrected chi connectivity index (χ3v) is 15.2. The van der Waals surface area contributed by atoms with Crippen LogP contribution in [0.25, 0.3) is 9.69 Å². The predicted octanol–water partition coefficient (Wildman–Crippen LogP) is 7.75. The number of sulfonamides is 2. The Morgan fingerprint density at radius 3 is 1.27 bits per heavy atom. The Bertz CT molecular complexity index is 2840. The second-order valence-electron chi connectivity index (χ2n) is 15.3. The van der Waals surface area contributed by atoms with Gasteiger partial charge in [-0.05, 0) is 50.2 Å². The molecule has 4 saturated heterocycles. The van der Waals surface area contributed by atoms with Gasteiger partial charge in [-0.15, -0.1) is 0 Å². The van der Waals surface area contributed by atoms with Crippen LogP contribution >= 0.6 is 0 Å². The lowest BCUT2D eigenvalue weighted by atomic mass is 10.0. The van der Waals surface area contributed by atoms with Gasteiger partial charge in [0.2, 0.25) is 31.4 Å². The van der Waals surface area contributed by atoms with Crippen LogP contribution in [0.4, 0.5) is 46.5 Å². The molecule has 0 aromatic heterocycles. The molecule has 24 heteroatoms. The van der Waals surface area contributed by atoms with Crippen molar-refractivity contribution in [2.45, 2.75) is 71.6 Å². The summed E-state index contributed by atoms with van der Waals surface area (Å²) in [6, 6.07) is 14.3. The summed E-state index contributed by atoms with van der Waals surface area (Å²) in [6.45, 7) is 17.0. The Balaban J connectivity index is 0.000000196. The van der Waals surface area contributed by atoms with Crippen LogP contribution < -0.4 is 9.47 Å². The Morgan fingerprint density at radius 2 is 1.00 bits per heavy atom. The lowest BCUT2D eigenvalue weighted by molar-refractivity contribution is -0.138. The normalized spacial score (nSPS) is 24.9. The Morgan fingerprint density at radius 1 is 0.652 bits per heavy atom. The molecule has 0 N–H and O–H groups in total. The van der Waals surface area contributed by atoms with Gasteiger partial charge >= 0.3 is 12.4 Å². The van der Waals surface area contributed by atoms with E-state index in [1.165, 1.54) is 24.3 Å². The first-order valence-electron chi connectivity index (χ1n) is 19.1. The van der Waals surface area contributed by atoms with Crippen LogP contribution in [0.3, 0.4) is 0 Å². The maximum Gasteiger partial charge on any atom is 0.415 e. The van der Waals surface area contributed by atoms with Gasteiger partial charge in [0.15, 0.2) is 0 Å². The molecule has 66 heavy (non-hydrogen) atoms. The summed E-state index contributed by atoms with van der Waals surface area (Å²) in [7, 11) is -8.73. The third-order valence-electron chi connectivity index (χ3n) is 11.5. The van der Waals surface area contributed by atoms with E-state index in [9.17, 15) is 52.0 Å². The van der Waals surface area contributed by atoms with Gasteiger partial charge in [0.05, 0.1) is 59.4 Å². The SMILES string of the molecule is [C-]#[N+]c1cc(C(F)(F)F)ccc1S(=O)(=O)N1C[C@H](Oc2ccc(C#N)c(F)c2)[C@@]2(C1)O[C@@H]2C.[C-]#[N+]c1cc(C(F)(F)F)ccc1S(=O)(=O)N1C[C@H](Oc2ccc(C#N)c(F)c2)[C@]2(C1)O[C@H]2C. The van der Waals surface area contributed by atoms with Crippen LogP contribution in [0.15, 0.2) is 82.6 Å². The van der Waals surface area contributed by atoms with Crippen molar-refractivity contribution >= 4 is 31.4 Å². The van der Waals surface area contributed by atoms with Crippen LogP contribution in [-0.4, -0.2) is 87.2 Å². The average Bonchev–Trinajstić information content (AvgIpc) is 3.99. The number of alkyl halides is 6. The predicted molar refractivity (Wildman–Crippen MR) is 211 cm³/mol. The molecule has 0 saturated carbocycles. The van der Waals surface area contributed by atoms with Crippen LogP contribution in [-0.2, 0) is 41.9 Å². The molecule has 8 rings (SSSR count). The van der Waals surface area contributed by atoms with Gasteiger partial charge in [0, 0.05) is 36.3 Å². The maximum absolute atomic E-state index is 13.9. The van der Waals surface area contributed by atoms with E-state index in [-0.39, 0.29) is 61.0 Å². The molecule has 4 heterocycles. The highest BCUT2D eigenvalue weighted by molar-refractivity contribution is 7.89. The van der Waals surface area contributed by atoms with Crippen molar-refractivity contribution in [3.8, 4) is 23.6 Å². The highest BCUT2D eigenvalue weighted by atomic mass is 32.2. The van der Waals surface area contributed by atoms with E-state index >= 15 is 0 Å². The highest BCUT2D eigenvalue weighted by Crippen LogP contribution is 2.50. The number of hydrogen-bond donors (Lipinski definition) is 0. The van der Waals surface area contributed by atoms with Gasteiger partial charge in [0.1, 0.15) is 58.7 Å². The fourth-order valence-electron chi connectivity index (χ4n) is 7.73. The van der Waals surface area contributed by atoms with Gasteiger partial charge in [-0.3, -0.25) is 0 Å². The van der Waals surface area contributed by atoms with Crippen LogP contribution in [0.2, 0.25) is 0 Å². The first-order valence-corrected chi connectivity index (χ1v) is 22.0. The molecule has 4 aromatic carbocycles. The average molecular weight is 963 g/mol. The molecule has 14 nitrogen and oxygen atoms in total. The summed E-state index contributed by atoms with van der Waals surface area (Å²) in [5.74, 6) is -1.48. The minimum absolute atomic E-state index is 0.0641. The fourth-order valence-corrected chi connectivity index (χ4v) is 10.9. The number of hydrogen-bond acceptors (Lipinski definition) is 10. The number of ether oxygens (including phenoxy) is 4. The molecular formula is C42H30F8N6O8S2. The lowest BCUT2D eigenvalue weighted by Gasteiger charge is -2.19. The van der Waals surface area contributed by atoms with Crippen molar-refractivity contribution in [1.82, 2.24) is 8.61 Å². The Kier molecular flexibility index (Phi) is 12.1. The molecule has 4 aromatic rings. The molecule has 0 radical (unpaired) electrons. The molecule has 4 aliphatic heterocycles. The molecule has 344 valence electrons. The van der Waals surface area contributed by atoms with E-state index in [2.05, 4.69) is 9.69 Å². The molecule has 0 amide bonds. The fraction of sp³-hybridized carbons (Fsp3) is 0.333. The molecule has 4 aliphatic rings. The van der Waals surface area contributed by atoms with Gasteiger partial charge in [-0.25, -0.2) is 35.3 Å². The van der Waals surface area contributed by atoms with Crippen LogP contribution in [0.1, 0.15) is 36.1 Å². The topological polar surface area (TPSA) is 175 Å². The summed E-state index contributed by atoms with van der Waals surface area (Å²) in [5.41, 5.74) is -5.98. The van der Waals surface area contributed by atoms with E-state index in [1.54, 1.807) is 26.0 Å². The largest absolute Gasteiger partial charge is 0.486 e. The lowest BCUT2D eigenvalue weighted by Crippen LogP contribution is -2.35. The maximum atomic E-state index is 13.9. The first kappa shape index (κ1) is 47.6. The summed E-state index contributed by atoms with van der Waals surface area (Å²) < 4.78 is 183. The van der Waals surface area contributed by atoms with Crippen molar-refractivity contribution in [3.63, 3.8) is 0 Å². The molecule has 0 aliphatic carbocycles. The Labute approximate surface area is 371 Å². The molecule has 0 unspecified atom stereocenters. The molecular weight excluding hydrogens is 933 g/mol. The van der Waals surface area contributed by atoms with E-state index in [0.29, 0.717) is 24.3 Å². The zero-order valence-electron chi connectivity index (χ0n) is 33.9. The highest BCUT2D eigenvalue weighted by Gasteiger charge is 2.68. The number of nitriles is 2. The third kappa shape index (κ3) is 8.71. The number of benzene rings is 4. The van der Waals surface area contributed by atoms with Gasteiger partial charge in [-0.2, -0.15) is 45.5 Å². The molecule has 2 spiro atoms. The number of rotatable bonds is 8. The standard InChI is InChI=1S/2C21H15F4N3O4S/c2*1-12-20(32-12)11-28(10-19(20)31-15-5-3-13(9-26)16(22)8-15)33(29,30)18-6-4-14(21(23,24)25)7-17(18)27-2/h2*3-8,12,19H,10-11H2,1H3/t12-,19+,20+;12-,19-,20+/m10/s1. The van der Waals surface area contributed by atoms with E-state index in [0.717, 1.165) is 32.9 Å². The molecule has 0 bridgehead atoms. The minimum atomic E-state index is -4.73.